The Hall–Kier alpha value is -1.31. The Labute approximate surface area is 71.0 Å². The first-order valence-corrected chi connectivity index (χ1v) is 3.56. The molecular weight excluding hydrogens is 153 g/mol. The standard InChI is InChI=1S/C8H8BNO2/c10-6-5-7-3-1-2-4-8(7)9(11)12/h1-4,11-12H,5H2. The van der Waals surface area contributed by atoms with Crippen LogP contribution in [0.1, 0.15) is 5.56 Å². The maximum absolute atomic E-state index is 8.88. The van der Waals surface area contributed by atoms with E-state index in [4.69, 9.17) is 15.3 Å². The average molecular weight is 161 g/mol. The van der Waals surface area contributed by atoms with Crippen LogP contribution in [0, 0.1) is 11.3 Å². The summed E-state index contributed by atoms with van der Waals surface area (Å²) >= 11 is 0. The SMILES string of the molecule is N#CCc1ccccc1B(O)O. The molecule has 4 heteroatoms. The van der Waals surface area contributed by atoms with E-state index in [1.807, 2.05) is 6.07 Å². The lowest BCUT2D eigenvalue weighted by Gasteiger charge is -2.03. The van der Waals surface area contributed by atoms with Crippen LogP contribution < -0.4 is 5.46 Å². The molecule has 0 atom stereocenters. The normalized spacial score (nSPS) is 9.08. The highest BCUT2D eigenvalue weighted by Gasteiger charge is 2.14. The molecule has 12 heavy (non-hydrogen) atoms. The third-order valence-electron chi connectivity index (χ3n) is 1.60. The molecule has 2 N–H and O–H groups in total. The fraction of sp³-hybridized carbons (Fsp3) is 0.125. The molecule has 0 bridgehead atoms. The van der Waals surface area contributed by atoms with Gasteiger partial charge in [0.2, 0.25) is 0 Å². The third kappa shape index (κ3) is 1.85. The van der Waals surface area contributed by atoms with E-state index in [1.165, 1.54) is 0 Å². The predicted molar refractivity (Wildman–Crippen MR) is 45.6 cm³/mol. The average Bonchev–Trinajstić information content (AvgIpc) is 2.05. The van der Waals surface area contributed by atoms with Gasteiger partial charge in [0.15, 0.2) is 0 Å². The zero-order chi connectivity index (χ0) is 8.97. The number of hydrogen-bond donors (Lipinski definition) is 2. The van der Waals surface area contributed by atoms with Crippen LogP contribution in [-0.2, 0) is 6.42 Å². The number of nitriles is 1. The molecule has 0 aromatic heterocycles. The van der Waals surface area contributed by atoms with Crippen LogP contribution in [0.4, 0.5) is 0 Å². The molecule has 0 amide bonds. The first kappa shape index (κ1) is 8.79. The number of nitrogens with zero attached hydrogens (tertiary/aromatic N) is 1. The summed E-state index contributed by atoms with van der Waals surface area (Å²) in [6, 6.07) is 8.72. The van der Waals surface area contributed by atoms with E-state index in [0.717, 1.165) is 0 Å². The third-order valence-corrected chi connectivity index (χ3v) is 1.60. The minimum atomic E-state index is -1.49. The lowest BCUT2D eigenvalue weighted by Crippen LogP contribution is -2.32. The lowest BCUT2D eigenvalue weighted by atomic mass is 9.76. The highest BCUT2D eigenvalue weighted by molar-refractivity contribution is 6.59. The van der Waals surface area contributed by atoms with Crippen molar-refractivity contribution in [3.05, 3.63) is 29.8 Å². The molecule has 0 radical (unpaired) electrons. The van der Waals surface area contributed by atoms with Gasteiger partial charge >= 0.3 is 7.12 Å². The second kappa shape index (κ2) is 3.91. The van der Waals surface area contributed by atoms with Crippen molar-refractivity contribution < 1.29 is 10.0 Å². The number of rotatable bonds is 2. The Balaban J connectivity index is 3.02. The maximum Gasteiger partial charge on any atom is 0.488 e. The molecule has 0 aliphatic carbocycles. The van der Waals surface area contributed by atoms with Crippen LogP contribution in [0.3, 0.4) is 0 Å². The molecule has 0 aliphatic heterocycles. The molecule has 60 valence electrons. The van der Waals surface area contributed by atoms with Gasteiger partial charge in [0.05, 0.1) is 12.5 Å². The van der Waals surface area contributed by atoms with E-state index in [9.17, 15) is 0 Å². The van der Waals surface area contributed by atoms with E-state index >= 15 is 0 Å². The van der Waals surface area contributed by atoms with Crippen LogP contribution >= 0.6 is 0 Å². The zero-order valence-corrected chi connectivity index (χ0v) is 6.44. The van der Waals surface area contributed by atoms with E-state index in [1.54, 1.807) is 24.3 Å². The second-order valence-corrected chi connectivity index (χ2v) is 2.41. The van der Waals surface area contributed by atoms with E-state index in [-0.39, 0.29) is 6.42 Å². The summed E-state index contributed by atoms with van der Waals surface area (Å²) in [6.07, 6.45) is 0.202. The van der Waals surface area contributed by atoms with Gasteiger partial charge < -0.3 is 10.0 Å². The molecule has 0 saturated heterocycles. The summed E-state index contributed by atoms with van der Waals surface area (Å²) in [7, 11) is -1.49. The molecule has 0 heterocycles. The van der Waals surface area contributed by atoms with Crippen molar-refractivity contribution in [2.45, 2.75) is 6.42 Å². The highest BCUT2D eigenvalue weighted by Crippen LogP contribution is 1.96. The van der Waals surface area contributed by atoms with Gasteiger partial charge in [-0.1, -0.05) is 24.3 Å². The topological polar surface area (TPSA) is 64.2 Å². The summed E-state index contributed by atoms with van der Waals surface area (Å²) in [5.41, 5.74) is 1.06. The first-order chi connectivity index (χ1) is 5.75. The van der Waals surface area contributed by atoms with Gasteiger partial charge in [0, 0.05) is 0 Å². The van der Waals surface area contributed by atoms with E-state index < -0.39 is 7.12 Å². The Morgan fingerprint density at radius 3 is 2.58 bits per heavy atom. The van der Waals surface area contributed by atoms with Crippen LogP contribution in [0.25, 0.3) is 0 Å². The van der Waals surface area contributed by atoms with Crippen molar-refractivity contribution in [1.29, 1.82) is 5.26 Å². The lowest BCUT2D eigenvalue weighted by molar-refractivity contribution is 0.425. The van der Waals surface area contributed by atoms with E-state index in [2.05, 4.69) is 0 Å². The van der Waals surface area contributed by atoms with Gasteiger partial charge in [0.1, 0.15) is 0 Å². The maximum atomic E-state index is 8.88. The smallest absolute Gasteiger partial charge is 0.423 e. The largest absolute Gasteiger partial charge is 0.488 e. The van der Waals surface area contributed by atoms with Crippen molar-refractivity contribution in [1.82, 2.24) is 0 Å². The van der Waals surface area contributed by atoms with Gasteiger partial charge in [-0.05, 0) is 11.0 Å². The monoisotopic (exact) mass is 161 g/mol. The Bertz CT molecular complexity index is 306. The Morgan fingerprint density at radius 1 is 1.33 bits per heavy atom. The molecule has 1 rings (SSSR count). The molecule has 0 unspecified atom stereocenters. The van der Waals surface area contributed by atoms with Gasteiger partial charge in [-0.25, -0.2) is 0 Å². The quantitative estimate of drug-likeness (QED) is 0.571. The second-order valence-electron chi connectivity index (χ2n) is 2.41. The molecule has 3 nitrogen and oxygen atoms in total. The van der Waals surface area contributed by atoms with Crippen molar-refractivity contribution in [3.63, 3.8) is 0 Å². The first-order valence-electron chi connectivity index (χ1n) is 3.56. The van der Waals surface area contributed by atoms with Crippen LogP contribution in [0.2, 0.25) is 0 Å². The minimum absolute atomic E-state index is 0.202. The number of hydrogen-bond acceptors (Lipinski definition) is 3. The summed E-state index contributed by atoms with van der Waals surface area (Å²) in [5, 5.41) is 26.2. The summed E-state index contributed by atoms with van der Waals surface area (Å²) in [4.78, 5) is 0. The summed E-state index contributed by atoms with van der Waals surface area (Å²) < 4.78 is 0. The van der Waals surface area contributed by atoms with Gasteiger partial charge in [0.25, 0.3) is 0 Å². The van der Waals surface area contributed by atoms with Crippen LogP contribution in [-0.4, -0.2) is 17.2 Å². The number of benzene rings is 1. The molecule has 1 aromatic rings. The van der Waals surface area contributed by atoms with E-state index in [0.29, 0.717) is 11.0 Å². The molecule has 0 fully saturated rings. The van der Waals surface area contributed by atoms with Gasteiger partial charge in [-0.15, -0.1) is 0 Å². The fourth-order valence-electron chi connectivity index (χ4n) is 1.03. The predicted octanol–water partition coefficient (Wildman–Crippen LogP) is -0.568. The molecule has 0 saturated carbocycles. The van der Waals surface area contributed by atoms with Crippen molar-refractivity contribution in [2.24, 2.45) is 0 Å². The van der Waals surface area contributed by atoms with Crippen LogP contribution in [0.5, 0.6) is 0 Å². The van der Waals surface area contributed by atoms with Gasteiger partial charge in [-0.3, -0.25) is 0 Å². The van der Waals surface area contributed by atoms with Crippen molar-refractivity contribution >= 4 is 12.6 Å². The zero-order valence-electron chi connectivity index (χ0n) is 6.44. The Kier molecular flexibility index (Phi) is 2.86. The summed E-state index contributed by atoms with van der Waals surface area (Å²) in [5.74, 6) is 0. The molecule has 0 spiro atoms. The molecule has 1 aromatic carbocycles. The highest BCUT2D eigenvalue weighted by atomic mass is 16.4. The summed E-state index contributed by atoms with van der Waals surface area (Å²) in [6.45, 7) is 0. The van der Waals surface area contributed by atoms with Crippen LogP contribution in [0.15, 0.2) is 24.3 Å². The van der Waals surface area contributed by atoms with Gasteiger partial charge in [-0.2, -0.15) is 5.26 Å². The minimum Gasteiger partial charge on any atom is -0.423 e. The molecule has 0 aliphatic rings. The van der Waals surface area contributed by atoms with Crippen molar-refractivity contribution in [3.8, 4) is 6.07 Å². The van der Waals surface area contributed by atoms with Crippen molar-refractivity contribution in [2.75, 3.05) is 0 Å². The fourth-order valence-corrected chi connectivity index (χ4v) is 1.03. The molecular formula is C8H8BNO2. The Morgan fingerprint density at radius 2 is 2.00 bits per heavy atom.